The molecule has 3 atom stereocenters. The monoisotopic (exact) mass is 217 g/mol. The van der Waals surface area contributed by atoms with E-state index < -0.39 is 5.97 Å². The van der Waals surface area contributed by atoms with Gasteiger partial charge in [-0.15, -0.1) is 0 Å². The molecular weight excluding hydrogens is 202 g/mol. The van der Waals surface area contributed by atoms with Crippen LogP contribution in [-0.2, 0) is 17.4 Å². The first-order valence-electron chi connectivity index (χ1n) is 4.94. The summed E-state index contributed by atoms with van der Waals surface area (Å²) in [4.78, 5) is 11.9. The van der Waals surface area contributed by atoms with Gasteiger partial charge in [0.05, 0.1) is 6.54 Å². The molecular formula is C8H15N3O2S. The smallest absolute Gasteiger partial charge is 0.319 e. The van der Waals surface area contributed by atoms with E-state index in [1.165, 1.54) is 17.7 Å². The number of quaternary nitrogens is 1. The van der Waals surface area contributed by atoms with Crippen LogP contribution in [0.25, 0.3) is 0 Å². The third-order valence-electron chi connectivity index (χ3n) is 2.92. The molecule has 2 aliphatic rings. The summed E-state index contributed by atoms with van der Waals surface area (Å²) in [6.07, 6.45) is 3.68. The average Bonchev–Trinajstić information content (AvgIpc) is 2.44. The third kappa shape index (κ3) is 1.88. The Morgan fingerprint density at radius 2 is 2.43 bits per heavy atom. The van der Waals surface area contributed by atoms with Crippen molar-refractivity contribution in [2.75, 3.05) is 13.1 Å². The molecule has 6 heteroatoms. The van der Waals surface area contributed by atoms with Gasteiger partial charge in [-0.2, -0.15) is 5.01 Å². The fourth-order valence-electron chi connectivity index (χ4n) is 2.31. The second-order valence-electron chi connectivity index (χ2n) is 3.87. The maximum Gasteiger partial charge on any atom is 0.319 e. The Morgan fingerprint density at radius 3 is 3.14 bits per heavy atom. The highest BCUT2D eigenvalue weighted by molar-refractivity contribution is 7.59. The van der Waals surface area contributed by atoms with Gasteiger partial charge in [0.1, 0.15) is 6.54 Å². The second-order valence-corrected chi connectivity index (χ2v) is 4.34. The summed E-state index contributed by atoms with van der Waals surface area (Å²) in [7, 11) is 0. The number of aliphatic carboxylic acids is 1. The van der Waals surface area contributed by atoms with E-state index in [-0.39, 0.29) is 18.2 Å². The molecule has 2 rings (SSSR count). The van der Waals surface area contributed by atoms with Crippen molar-refractivity contribution >= 4 is 18.6 Å². The summed E-state index contributed by atoms with van der Waals surface area (Å²) in [5.74, 6) is -0.800. The number of carboxylic acid groups (broad SMARTS) is 1. The lowest BCUT2D eigenvalue weighted by Crippen LogP contribution is -3.18. The molecule has 80 valence electrons. The molecule has 5 nitrogen and oxygen atoms in total. The molecule has 3 unspecified atom stereocenters. The highest BCUT2D eigenvalue weighted by Gasteiger charge is 2.39. The van der Waals surface area contributed by atoms with Gasteiger partial charge in [0, 0.05) is 11.9 Å². The standard InChI is InChI=1S/C8H15N3O2S/c12-7(13)5-11-6-3-1-2-4-10(6)8(14)9-11/h6,8-9,14H,1-5H2,(H,12,13). The molecule has 14 heavy (non-hydrogen) atoms. The van der Waals surface area contributed by atoms with Gasteiger partial charge < -0.3 is 22.6 Å². The molecule has 0 bridgehead atoms. The topological polar surface area (TPSA) is 57.0 Å². The van der Waals surface area contributed by atoms with Gasteiger partial charge in [0.2, 0.25) is 0 Å². The molecule has 0 aromatic carbocycles. The molecule has 3 N–H and O–H groups in total. The van der Waals surface area contributed by atoms with E-state index in [2.05, 4.69) is 5.43 Å². The first-order chi connectivity index (χ1) is 6.68. The Labute approximate surface area is 88.4 Å². The number of piperidine rings is 1. The van der Waals surface area contributed by atoms with Gasteiger partial charge in [0.15, 0.2) is 6.17 Å². The summed E-state index contributed by atoms with van der Waals surface area (Å²) >= 11 is 5.25. The van der Waals surface area contributed by atoms with Crippen molar-refractivity contribution in [3.8, 4) is 0 Å². The number of hydrogen-bond acceptors (Lipinski definition) is 4. The van der Waals surface area contributed by atoms with Crippen molar-refractivity contribution in [2.24, 2.45) is 0 Å². The maximum absolute atomic E-state index is 10.6. The van der Waals surface area contributed by atoms with E-state index in [9.17, 15) is 4.79 Å². The molecule has 0 aliphatic carbocycles. The number of rotatable bonds is 2. The normalized spacial score (nSPS) is 38.2. The third-order valence-corrected chi connectivity index (χ3v) is 3.33. The number of nitrogens with one attached hydrogen (secondary N) is 2. The first-order valence-corrected chi connectivity index (χ1v) is 5.41. The number of carboxylic acids is 1. The van der Waals surface area contributed by atoms with Crippen LogP contribution in [-0.4, -0.2) is 40.8 Å². The highest BCUT2D eigenvalue weighted by atomic mass is 32.1. The van der Waals surface area contributed by atoms with E-state index in [1.54, 1.807) is 5.01 Å². The zero-order valence-corrected chi connectivity index (χ0v) is 8.72. The predicted molar refractivity (Wildman–Crippen MR) is 52.1 cm³/mol. The largest absolute Gasteiger partial charge is 0.709 e. The Hall–Kier alpha value is -0.300. The fourth-order valence-corrected chi connectivity index (χ4v) is 2.72. The Kier molecular flexibility index (Phi) is 2.96. The van der Waals surface area contributed by atoms with Crippen LogP contribution in [0, 0.1) is 0 Å². The molecule has 0 radical (unpaired) electrons. The van der Waals surface area contributed by atoms with Crippen molar-refractivity contribution in [3.63, 3.8) is 0 Å². The van der Waals surface area contributed by atoms with Gasteiger partial charge in [-0.05, 0) is 12.8 Å². The van der Waals surface area contributed by atoms with Gasteiger partial charge in [-0.25, -0.2) is 5.43 Å². The van der Waals surface area contributed by atoms with Gasteiger partial charge >= 0.3 is 5.97 Å². The van der Waals surface area contributed by atoms with Gasteiger partial charge in [-0.3, -0.25) is 4.79 Å². The van der Waals surface area contributed by atoms with Crippen molar-refractivity contribution in [3.05, 3.63) is 0 Å². The number of carbonyl (C=O) groups is 1. The highest BCUT2D eigenvalue weighted by Crippen LogP contribution is 2.10. The molecule has 0 aromatic rings. The van der Waals surface area contributed by atoms with Gasteiger partial charge in [0.25, 0.3) is 0 Å². The first kappa shape index (κ1) is 10.2. The molecule has 2 aliphatic heterocycles. The maximum atomic E-state index is 10.6. The molecule has 2 saturated heterocycles. The number of hydrogen-bond donors (Lipinski definition) is 3. The van der Waals surface area contributed by atoms with Crippen LogP contribution in [0.2, 0.25) is 0 Å². The van der Waals surface area contributed by atoms with Crippen molar-refractivity contribution in [1.29, 1.82) is 0 Å². The van der Waals surface area contributed by atoms with E-state index >= 15 is 0 Å². The second kappa shape index (κ2) is 4.06. The van der Waals surface area contributed by atoms with Gasteiger partial charge in [-0.1, -0.05) is 0 Å². The minimum Gasteiger partial charge on any atom is -0.709 e. The molecule has 0 amide bonds. The van der Waals surface area contributed by atoms with Crippen LogP contribution in [0.4, 0.5) is 0 Å². The van der Waals surface area contributed by atoms with Crippen molar-refractivity contribution in [1.82, 2.24) is 10.4 Å². The lowest BCUT2D eigenvalue weighted by atomic mass is 10.1. The number of fused-ring (bicyclic) bond motifs is 1. The van der Waals surface area contributed by atoms with Crippen LogP contribution in [0.3, 0.4) is 0 Å². The SMILES string of the molecule is O=C(O)CN1NC([S-])[NH+]2CCCCC12. The zero-order valence-electron chi connectivity index (χ0n) is 7.90. The lowest BCUT2D eigenvalue weighted by molar-refractivity contribution is -0.933. The van der Waals surface area contributed by atoms with E-state index in [4.69, 9.17) is 17.7 Å². The predicted octanol–water partition coefficient (Wildman–Crippen LogP) is -1.88. The van der Waals surface area contributed by atoms with Crippen LogP contribution >= 0.6 is 0 Å². The Morgan fingerprint density at radius 1 is 1.64 bits per heavy atom. The number of nitrogens with zero attached hydrogens (tertiary/aromatic N) is 1. The number of hydrazine groups is 1. The summed E-state index contributed by atoms with van der Waals surface area (Å²) in [5, 5.41) is 10.5. The Balaban J connectivity index is 2.02. The minimum atomic E-state index is -0.800. The molecule has 2 fully saturated rings. The zero-order chi connectivity index (χ0) is 10.1. The summed E-state index contributed by atoms with van der Waals surface area (Å²) < 4.78 is 0. The quantitative estimate of drug-likeness (QED) is 0.473. The lowest BCUT2D eigenvalue weighted by Gasteiger charge is -2.32. The minimum absolute atomic E-state index is 0.0430. The molecule has 0 aromatic heterocycles. The van der Waals surface area contributed by atoms with Crippen LogP contribution in [0.5, 0.6) is 0 Å². The van der Waals surface area contributed by atoms with Crippen LogP contribution in [0.1, 0.15) is 19.3 Å². The summed E-state index contributed by atoms with van der Waals surface area (Å²) in [6, 6.07) is 0. The Bertz CT molecular complexity index is 239. The van der Waals surface area contributed by atoms with E-state index in [1.807, 2.05) is 0 Å². The van der Waals surface area contributed by atoms with Crippen LogP contribution in [0.15, 0.2) is 0 Å². The molecule has 0 spiro atoms. The van der Waals surface area contributed by atoms with Crippen molar-refractivity contribution < 1.29 is 14.8 Å². The van der Waals surface area contributed by atoms with Crippen LogP contribution < -0.4 is 10.3 Å². The average molecular weight is 217 g/mol. The van der Waals surface area contributed by atoms with E-state index in [0.29, 0.717) is 0 Å². The summed E-state index contributed by atoms with van der Waals surface area (Å²) in [6.45, 7) is 1.10. The molecule has 0 saturated carbocycles. The van der Waals surface area contributed by atoms with Crippen molar-refractivity contribution in [2.45, 2.75) is 30.9 Å². The summed E-state index contributed by atoms with van der Waals surface area (Å²) in [5.41, 5.74) is 3.00. The fraction of sp³-hybridized carbons (Fsp3) is 0.875. The van der Waals surface area contributed by atoms with E-state index in [0.717, 1.165) is 13.0 Å². The molecule has 2 heterocycles.